The molecule has 0 radical (unpaired) electrons. The number of ether oxygens (including phenoxy) is 1. The van der Waals surface area contributed by atoms with Crippen molar-refractivity contribution in [2.75, 3.05) is 17.7 Å². The number of hydrogen-bond acceptors (Lipinski definition) is 5. The number of thiocarbonyl (C=S) groups is 1. The van der Waals surface area contributed by atoms with Crippen molar-refractivity contribution in [2.24, 2.45) is 0 Å². The highest BCUT2D eigenvalue weighted by atomic mass is 32.1. The van der Waals surface area contributed by atoms with Crippen molar-refractivity contribution < 1.29 is 9.53 Å². The average molecular weight is 349 g/mol. The second kappa shape index (κ2) is 7.52. The summed E-state index contributed by atoms with van der Waals surface area (Å²) in [5.41, 5.74) is 2.61. The van der Waals surface area contributed by atoms with Crippen molar-refractivity contribution in [3.05, 3.63) is 39.9 Å². The highest BCUT2D eigenvalue weighted by Gasteiger charge is 2.22. The maximum absolute atomic E-state index is 12.1. The number of carbonyl (C=O) groups excluding carboxylic acids is 1. The van der Waals surface area contributed by atoms with Gasteiger partial charge in [0.05, 0.1) is 12.7 Å². The second-order valence-electron chi connectivity index (χ2n) is 4.99. The molecule has 2 rings (SSSR count). The molecule has 0 unspecified atom stereocenters. The maximum Gasteiger partial charge on any atom is 0.341 e. The van der Waals surface area contributed by atoms with Crippen LogP contribution in [0.5, 0.6) is 0 Å². The van der Waals surface area contributed by atoms with Gasteiger partial charge in [0.25, 0.3) is 0 Å². The van der Waals surface area contributed by atoms with E-state index < -0.39 is 0 Å². The quantitative estimate of drug-likeness (QED) is 0.644. The monoisotopic (exact) mass is 349 g/mol. The summed E-state index contributed by atoms with van der Waals surface area (Å²) in [6, 6.07) is 3.80. The molecule has 0 aliphatic heterocycles. The summed E-state index contributed by atoms with van der Waals surface area (Å²) in [7, 11) is 1.38. The van der Waals surface area contributed by atoms with Crippen LogP contribution in [0.1, 0.15) is 33.3 Å². The van der Waals surface area contributed by atoms with Gasteiger partial charge in [-0.2, -0.15) is 0 Å². The first-order valence-corrected chi connectivity index (χ1v) is 8.40. The Bertz CT molecular complexity index is 724. The Kier molecular flexibility index (Phi) is 5.68. The molecule has 0 atom stereocenters. The van der Waals surface area contributed by atoms with Crippen molar-refractivity contribution >= 4 is 45.5 Å². The fourth-order valence-corrected chi connectivity index (χ4v) is 3.61. The number of thiophene rings is 1. The van der Waals surface area contributed by atoms with Gasteiger partial charge >= 0.3 is 5.97 Å². The number of pyridine rings is 1. The molecular formula is C16H19N3O2S2. The Hall–Kier alpha value is -1.99. The molecule has 2 aromatic rings. The van der Waals surface area contributed by atoms with Crippen LogP contribution in [0.3, 0.4) is 0 Å². The number of esters is 1. The van der Waals surface area contributed by atoms with E-state index in [0.717, 1.165) is 22.4 Å². The van der Waals surface area contributed by atoms with E-state index in [9.17, 15) is 4.79 Å². The van der Waals surface area contributed by atoms with Crippen LogP contribution >= 0.6 is 23.6 Å². The normalized spacial score (nSPS) is 10.3. The molecule has 2 aromatic heterocycles. The van der Waals surface area contributed by atoms with Crippen LogP contribution in [-0.2, 0) is 11.2 Å². The lowest BCUT2D eigenvalue weighted by Crippen LogP contribution is -2.20. The highest BCUT2D eigenvalue weighted by molar-refractivity contribution is 7.80. The van der Waals surface area contributed by atoms with Crippen LogP contribution in [0.25, 0.3) is 0 Å². The summed E-state index contributed by atoms with van der Waals surface area (Å²) in [6.45, 7) is 5.97. The van der Waals surface area contributed by atoms with E-state index in [0.29, 0.717) is 21.5 Å². The molecule has 0 spiro atoms. The fraction of sp³-hybridized carbons (Fsp3) is 0.312. The number of nitrogens with zero attached hydrogens (tertiary/aromatic N) is 1. The molecule has 0 amide bonds. The first-order chi connectivity index (χ1) is 11.0. The zero-order chi connectivity index (χ0) is 17.0. The molecule has 2 N–H and O–H groups in total. The Labute approximate surface area is 145 Å². The van der Waals surface area contributed by atoms with E-state index in [2.05, 4.69) is 15.6 Å². The van der Waals surface area contributed by atoms with Crippen molar-refractivity contribution in [1.82, 2.24) is 4.98 Å². The van der Waals surface area contributed by atoms with Crippen molar-refractivity contribution in [2.45, 2.75) is 27.2 Å². The first-order valence-electron chi connectivity index (χ1n) is 7.17. The Morgan fingerprint density at radius 1 is 1.35 bits per heavy atom. The molecule has 0 aliphatic rings. The standard InChI is InChI=1S/C16H19N3O2S2/c1-5-11-10(3)23-14(13(11)15(20)21-4)19-16(22)18-12-7-6-9(2)8-17-12/h6-8H,5H2,1-4H3,(H2,17,18,19,22). The average Bonchev–Trinajstić information content (AvgIpc) is 2.83. The Morgan fingerprint density at radius 2 is 2.09 bits per heavy atom. The van der Waals surface area contributed by atoms with E-state index >= 15 is 0 Å². The largest absolute Gasteiger partial charge is 0.465 e. The smallest absolute Gasteiger partial charge is 0.341 e. The molecule has 122 valence electrons. The van der Waals surface area contributed by atoms with Gasteiger partial charge in [-0.3, -0.25) is 0 Å². The van der Waals surface area contributed by atoms with Gasteiger partial charge in [-0.05, 0) is 49.7 Å². The van der Waals surface area contributed by atoms with Crippen LogP contribution in [0.15, 0.2) is 18.3 Å². The number of carbonyl (C=O) groups is 1. The maximum atomic E-state index is 12.1. The summed E-state index contributed by atoms with van der Waals surface area (Å²) < 4.78 is 4.90. The van der Waals surface area contributed by atoms with Gasteiger partial charge in [-0.1, -0.05) is 13.0 Å². The molecule has 0 saturated carbocycles. The fourth-order valence-electron chi connectivity index (χ4n) is 2.20. The van der Waals surface area contributed by atoms with E-state index in [1.54, 1.807) is 6.20 Å². The van der Waals surface area contributed by atoms with E-state index in [1.165, 1.54) is 18.4 Å². The third kappa shape index (κ3) is 4.05. The van der Waals surface area contributed by atoms with Gasteiger partial charge in [-0.25, -0.2) is 9.78 Å². The molecule has 7 heteroatoms. The van der Waals surface area contributed by atoms with Crippen LogP contribution in [0.4, 0.5) is 10.8 Å². The topological polar surface area (TPSA) is 63.2 Å². The Balaban J connectivity index is 2.20. The number of methoxy groups -OCH3 is 1. The third-order valence-corrected chi connectivity index (χ3v) is 4.60. The number of aryl methyl sites for hydroxylation is 2. The predicted molar refractivity (Wildman–Crippen MR) is 98.6 cm³/mol. The number of anilines is 2. The second-order valence-corrected chi connectivity index (χ2v) is 6.62. The van der Waals surface area contributed by atoms with Crippen LogP contribution in [0, 0.1) is 13.8 Å². The van der Waals surface area contributed by atoms with Gasteiger partial charge in [0.1, 0.15) is 10.8 Å². The molecule has 2 heterocycles. The van der Waals surface area contributed by atoms with Crippen molar-refractivity contribution in [3.63, 3.8) is 0 Å². The van der Waals surface area contributed by atoms with Crippen LogP contribution in [0.2, 0.25) is 0 Å². The highest BCUT2D eigenvalue weighted by Crippen LogP contribution is 2.34. The Morgan fingerprint density at radius 3 is 2.65 bits per heavy atom. The summed E-state index contributed by atoms with van der Waals surface area (Å²) in [4.78, 5) is 17.4. The van der Waals surface area contributed by atoms with Gasteiger partial charge in [-0.15, -0.1) is 11.3 Å². The molecule has 0 saturated heterocycles. The minimum Gasteiger partial charge on any atom is -0.465 e. The molecule has 5 nitrogen and oxygen atoms in total. The molecule has 0 aliphatic carbocycles. The van der Waals surface area contributed by atoms with Crippen LogP contribution in [-0.4, -0.2) is 23.2 Å². The lowest BCUT2D eigenvalue weighted by Gasteiger charge is -2.10. The third-order valence-electron chi connectivity index (χ3n) is 3.33. The van der Waals surface area contributed by atoms with Gasteiger partial charge in [0.2, 0.25) is 0 Å². The first kappa shape index (κ1) is 17.4. The summed E-state index contributed by atoms with van der Waals surface area (Å²) in [5, 5.41) is 7.17. The molecule has 23 heavy (non-hydrogen) atoms. The van der Waals surface area contributed by atoms with Crippen molar-refractivity contribution in [3.8, 4) is 0 Å². The number of aromatic nitrogens is 1. The summed E-state index contributed by atoms with van der Waals surface area (Å²) in [5.74, 6) is 0.293. The number of nitrogens with one attached hydrogen (secondary N) is 2. The molecule has 0 bridgehead atoms. The number of rotatable bonds is 4. The predicted octanol–water partition coefficient (Wildman–Crippen LogP) is 3.92. The lowest BCUT2D eigenvalue weighted by molar-refractivity contribution is 0.0601. The molecular weight excluding hydrogens is 330 g/mol. The van der Waals surface area contributed by atoms with E-state index in [4.69, 9.17) is 17.0 Å². The van der Waals surface area contributed by atoms with Crippen molar-refractivity contribution in [1.29, 1.82) is 0 Å². The zero-order valence-electron chi connectivity index (χ0n) is 13.5. The lowest BCUT2D eigenvalue weighted by atomic mass is 10.1. The summed E-state index contributed by atoms with van der Waals surface area (Å²) >= 11 is 6.81. The number of hydrogen-bond donors (Lipinski definition) is 2. The van der Waals surface area contributed by atoms with Crippen LogP contribution < -0.4 is 10.6 Å². The summed E-state index contributed by atoms with van der Waals surface area (Å²) in [6.07, 6.45) is 2.52. The van der Waals surface area contributed by atoms with E-state index in [1.807, 2.05) is 32.9 Å². The van der Waals surface area contributed by atoms with Gasteiger partial charge in [0.15, 0.2) is 5.11 Å². The van der Waals surface area contributed by atoms with E-state index in [-0.39, 0.29) is 5.97 Å². The molecule has 0 fully saturated rings. The zero-order valence-corrected chi connectivity index (χ0v) is 15.2. The molecule has 0 aromatic carbocycles. The minimum atomic E-state index is -0.357. The van der Waals surface area contributed by atoms with Gasteiger partial charge in [0, 0.05) is 11.1 Å². The minimum absolute atomic E-state index is 0.357. The van der Waals surface area contributed by atoms with Gasteiger partial charge < -0.3 is 15.4 Å². The SMILES string of the molecule is CCc1c(C)sc(NC(=S)Nc2ccc(C)cn2)c1C(=O)OC.